The predicted octanol–water partition coefficient (Wildman–Crippen LogP) is -0.594. The third-order valence-electron chi connectivity index (χ3n) is 2.85. The second-order valence-electron chi connectivity index (χ2n) is 4.45. The molecule has 2 rings (SSSR count). The number of aryl methyl sites for hydroxylation is 2. The van der Waals surface area contributed by atoms with Crippen LogP contribution in [0.15, 0.2) is 11.0 Å². The highest BCUT2D eigenvalue weighted by molar-refractivity contribution is 5.78. The van der Waals surface area contributed by atoms with Crippen molar-refractivity contribution < 1.29 is 4.79 Å². The summed E-state index contributed by atoms with van der Waals surface area (Å²) in [6.07, 6.45) is 2.21. The number of rotatable bonds is 5. The molecule has 3 N–H and O–H groups in total. The van der Waals surface area contributed by atoms with Crippen LogP contribution in [-0.4, -0.2) is 37.8 Å². The second-order valence-corrected chi connectivity index (χ2v) is 4.45. The molecule has 0 aliphatic rings. The van der Waals surface area contributed by atoms with Gasteiger partial charge in [-0.05, 0) is 13.8 Å². The Balaban J connectivity index is 1.90. The fourth-order valence-electron chi connectivity index (χ4n) is 1.86. The number of amides is 1. The van der Waals surface area contributed by atoms with Gasteiger partial charge in [-0.1, -0.05) is 0 Å². The molecule has 0 fully saturated rings. The number of carbonyl (C=O) groups excluding carboxylic acids is 1. The first-order chi connectivity index (χ1) is 9.56. The van der Waals surface area contributed by atoms with Crippen molar-refractivity contribution in [2.45, 2.75) is 26.7 Å². The van der Waals surface area contributed by atoms with Gasteiger partial charge in [0.25, 0.3) is 5.56 Å². The van der Waals surface area contributed by atoms with E-state index in [2.05, 4.69) is 30.7 Å². The van der Waals surface area contributed by atoms with E-state index >= 15 is 0 Å². The van der Waals surface area contributed by atoms with E-state index in [1.54, 1.807) is 20.0 Å². The van der Waals surface area contributed by atoms with Crippen LogP contribution in [-0.2, 0) is 17.6 Å². The van der Waals surface area contributed by atoms with Crippen LogP contribution in [0, 0.1) is 13.8 Å². The van der Waals surface area contributed by atoms with Gasteiger partial charge in [0, 0.05) is 24.2 Å². The first kappa shape index (κ1) is 13.9. The van der Waals surface area contributed by atoms with Crippen molar-refractivity contribution in [1.82, 2.24) is 30.7 Å². The van der Waals surface area contributed by atoms with E-state index < -0.39 is 0 Å². The first-order valence-corrected chi connectivity index (χ1v) is 6.24. The summed E-state index contributed by atoms with van der Waals surface area (Å²) in [5.74, 6) is 0.329. The molecular formula is C12H16N6O2. The lowest BCUT2D eigenvalue weighted by Crippen LogP contribution is -2.30. The number of carbonyl (C=O) groups is 1. The monoisotopic (exact) mass is 276 g/mol. The predicted molar refractivity (Wildman–Crippen MR) is 71.1 cm³/mol. The van der Waals surface area contributed by atoms with Crippen molar-refractivity contribution >= 4 is 5.91 Å². The lowest BCUT2D eigenvalue weighted by molar-refractivity contribution is -0.120. The molecule has 0 radical (unpaired) electrons. The largest absolute Gasteiger partial charge is 0.355 e. The first-order valence-electron chi connectivity index (χ1n) is 6.24. The number of hydrogen-bond donors (Lipinski definition) is 3. The number of nitrogens with one attached hydrogen (secondary N) is 3. The summed E-state index contributed by atoms with van der Waals surface area (Å²) in [4.78, 5) is 30.3. The smallest absolute Gasteiger partial charge is 0.254 e. The number of H-pyrrole nitrogens is 2. The van der Waals surface area contributed by atoms with Gasteiger partial charge in [-0.15, -0.1) is 0 Å². The summed E-state index contributed by atoms with van der Waals surface area (Å²) in [6.45, 7) is 3.87. The summed E-state index contributed by atoms with van der Waals surface area (Å²) in [6, 6.07) is 0. The molecule has 8 nitrogen and oxygen atoms in total. The molecule has 0 saturated carbocycles. The Kier molecular flexibility index (Phi) is 4.24. The molecule has 2 aromatic heterocycles. The van der Waals surface area contributed by atoms with Gasteiger partial charge in [0.05, 0.1) is 18.3 Å². The molecule has 2 aromatic rings. The van der Waals surface area contributed by atoms with E-state index in [1.165, 1.54) is 0 Å². The van der Waals surface area contributed by atoms with E-state index in [-0.39, 0.29) is 17.9 Å². The Morgan fingerprint density at radius 1 is 1.40 bits per heavy atom. The van der Waals surface area contributed by atoms with Crippen LogP contribution in [0.5, 0.6) is 0 Å². The zero-order chi connectivity index (χ0) is 14.5. The quantitative estimate of drug-likeness (QED) is 0.674. The van der Waals surface area contributed by atoms with Crippen LogP contribution in [0.25, 0.3) is 0 Å². The average Bonchev–Trinajstić information content (AvgIpc) is 2.87. The molecule has 0 saturated heterocycles. The van der Waals surface area contributed by atoms with Crippen molar-refractivity contribution in [2.75, 3.05) is 6.54 Å². The second kappa shape index (κ2) is 6.09. The van der Waals surface area contributed by atoms with Crippen LogP contribution in [0.1, 0.15) is 22.8 Å². The number of aromatic amines is 2. The van der Waals surface area contributed by atoms with Crippen LogP contribution < -0.4 is 10.9 Å². The van der Waals surface area contributed by atoms with Gasteiger partial charge in [0.1, 0.15) is 5.82 Å². The Labute approximate surface area is 115 Å². The third-order valence-corrected chi connectivity index (χ3v) is 2.85. The lowest BCUT2D eigenvalue weighted by Gasteiger charge is -2.06. The van der Waals surface area contributed by atoms with E-state index in [0.717, 1.165) is 5.69 Å². The molecule has 0 spiro atoms. The molecule has 0 aliphatic heterocycles. The normalized spacial score (nSPS) is 10.5. The minimum atomic E-state index is -0.262. The topological polar surface area (TPSA) is 116 Å². The molecule has 0 bridgehead atoms. The summed E-state index contributed by atoms with van der Waals surface area (Å²) in [5.41, 5.74) is 1.49. The van der Waals surface area contributed by atoms with Crippen LogP contribution >= 0.6 is 0 Å². The van der Waals surface area contributed by atoms with E-state index in [9.17, 15) is 9.59 Å². The van der Waals surface area contributed by atoms with Crippen molar-refractivity contribution in [2.24, 2.45) is 0 Å². The zero-order valence-electron chi connectivity index (χ0n) is 11.4. The van der Waals surface area contributed by atoms with E-state index in [4.69, 9.17) is 0 Å². The summed E-state index contributed by atoms with van der Waals surface area (Å²) >= 11 is 0. The molecule has 0 aromatic carbocycles. The molecule has 8 heteroatoms. The molecule has 106 valence electrons. The number of nitrogens with zero attached hydrogens (tertiary/aromatic N) is 3. The van der Waals surface area contributed by atoms with Gasteiger partial charge in [-0.25, -0.2) is 4.98 Å². The summed E-state index contributed by atoms with van der Waals surface area (Å²) in [7, 11) is 0. The third kappa shape index (κ3) is 3.50. The average molecular weight is 276 g/mol. The Morgan fingerprint density at radius 3 is 2.85 bits per heavy atom. The number of hydrogen-bond acceptors (Lipinski definition) is 5. The van der Waals surface area contributed by atoms with Gasteiger partial charge in [-0.2, -0.15) is 15.4 Å². The Hall–Kier alpha value is -2.51. The molecule has 0 aliphatic carbocycles. The number of aromatic nitrogens is 5. The highest BCUT2D eigenvalue weighted by Crippen LogP contribution is 2.00. The minimum Gasteiger partial charge on any atom is -0.355 e. The molecule has 0 atom stereocenters. The standard InChI is InChI=1S/C12H16N6O2/c1-7-10(12(20)16-8(2)15-7)5-11(19)13-4-3-9-6-14-18-17-9/h6H,3-5H2,1-2H3,(H,13,19)(H,14,17,18)(H,15,16,20). The fourth-order valence-corrected chi connectivity index (χ4v) is 1.86. The van der Waals surface area contributed by atoms with Crippen LogP contribution in [0.2, 0.25) is 0 Å². The van der Waals surface area contributed by atoms with Gasteiger partial charge in [0.15, 0.2) is 0 Å². The van der Waals surface area contributed by atoms with Gasteiger partial charge < -0.3 is 10.3 Å². The summed E-state index contributed by atoms with van der Waals surface area (Å²) < 4.78 is 0. The van der Waals surface area contributed by atoms with Crippen molar-refractivity contribution in [3.63, 3.8) is 0 Å². The summed E-state index contributed by atoms with van der Waals surface area (Å²) in [5, 5.41) is 12.8. The fraction of sp³-hybridized carbons (Fsp3) is 0.417. The molecule has 2 heterocycles. The maximum Gasteiger partial charge on any atom is 0.254 e. The molecule has 0 unspecified atom stereocenters. The molecule has 1 amide bonds. The Morgan fingerprint density at radius 2 is 2.20 bits per heavy atom. The van der Waals surface area contributed by atoms with Crippen LogP contribution in [0.3, 0.4) is 0 Å². The maximum absolute atomic E-state index is 11.8. The van der Waals surface area contributed by atoms with Crippen LogP contribution in [0.4, 0.5) is 0 Å². The van der Waals surface area contributed by atoms with Gasteiger partial charge in [-0.3, -0.25) is 9.59 Å². The molecule has 20 heavy (non-hydrogen) atoms. The minimum absolute atomic E-state index is 0.0211. The van der Waals surface area contributed by atoms with E-state index in [0.29, 0.717) is 30.0 Å². The molecular weight excluding hydrogens is 260 g/mol. The van der Waals surface area contributed by atoms with Gasteiger partial charge in [0.2, 0.25) is 5.91 Å². The lowest BCUT2D eigenvalue weighted by atomic mass is 10.1. The zero-order valence-corrected chi connectivity index (χ0v) is 11.4. The van der Waals surface area contributed by atoms with Crippen molar-refractivity contribution in [3.05, 3.63) is 39.3 Å². The van der Waals surface area contributed by atoms with Gasteiger partial charge >= 0.3 is 0 Å². The Bertz CT molecular complexity index is 646. The maximum atomic E-state index is 11.8. The highest BCUT2D eigenvalue weighted by Gasteiger charge is 2.11. The van der Waals surface area contributed by atoms with Crippen molar-refractivity contribution in [1.29, 1.82) is 0 Å². The van der Waals surface area contributed by atoms with E-state index in [1.807, 2.05) is 0 Å². The van der Waals surface area contributed by atoms with Crippen molar-refractivity contribution in [3.8, 4) is 0 Å². The SMILES string of the molecule is Cc1nc(C)c(CC(=O)NCCc2cn[nH]n2)c(=O)[nH]1. The highest BCUT2D eigenvalue weighted by atomic mass is 16.2.